The Bertz CT molecular complexity index is 1140. The van der Waals surface area contributed by atoms with Crippen molar-refractivity contribution in [3.63, 3.8) is 0 Å². The molecule has 2 nitrogen and oxygen atoms in total. The molecule has 3 heteroatoms. The lowest BCUT2D eigenvalue weighted by atomic mass is 9.75. The van der Waals surface area contributed by atoms with Crippen molar-refractivity contribution in [1.82, 2.24) is 0 Å². The lowest BCUT2D eigenvalue weighted by Gasteiger charge is -2.16. The first-order valence-electron chi connectivity index (χ1n) is 8.70. The summed E-state index contributed by atoms with van der Waals surface area (Å²) in [7, 11) is -1.47. The van der Waals surface area contributed by atoms with E-state index in [1.807, 2.05) is 38.1 Å². The van der Waals surface area contributed by atoms with E-state index >= 15 is 0 Å². The number of fused-ring (bicyclic) bond motifs is 2. The molecule has 25 heavy (non-hydrogen) atoms. The molecule has 0 unspecified atom stereocenters. The largest absolute Gasteiger partial charge is 0.489 e. The first-order valence-corrected chi connectivity index (χ1v) is 8.70. The van der Waals surface area contributed by atoms with Crippen LogP contribution in [0.1, 0.15) is 13.8 Å². The number of hydrogen-bond donors (Lipinski definition) is 2. The Labute approximate surface area is 146 Å². The van der Waals surface area contributed by atoms with Gasteiger partial charge < -0.3 is 10.0 Å². The van der Waals surface area contributed by atoms with Crippen molar-refractivity contribution >= 4 is 55.7 Å². The third-order valence-electron chi connectivity index (χ3n) is 4.84. The first kappa shape index (κ1) is 15.9. The van der Waals surface area contributed by atoms with Crippen molar-refractivity contribution in [2.24, 2.45) is 0 Å². The van der Waals surface area contributed by atoms with Gasteiger partial charge in [0.1, 0.15) is 0 Å². The van der Waals surface area contributed by atoms with Gasteiger partial charge in [0, 0.05) is 0 Å². The van der Waals surface area contributed by atoms with Crippen molar-refractivity contribution in [3.8, 4) is 0 Å². The van der Waals surface area contributed by atoms with E-state index in [1.54, 1.807) is 0 Å². The summed E-state index contributed by atoms with van der Waals surface area (Å²) in [5, 5.41) is 28.6. The zero-order valence-corrected chi connectivity index (χ0v) is 14.3. The molecule has 5 rings (SSSR count). The first-order chi connectivity index (χ1) is 12.3. The Kier molecular flexibility index (Phi) is 3.83. The van der Waals surface area contributed by atoms with Gasteiger partial charge >= 0.3 is 7.12 Å². The van der Waals surface area contributed by atoms with Crippen LogP contribution in [0.3, 0.4) is 0 Å². The summed E-state index contributed by atoms with van der Waals surface area (Å²) in [5.41, 5.74) is 0.553. The van der Waals surface area contributed by atoms with Gasteiger partial charge in [0.25, 0.3) is 0 Å². The quantitative estimate of drug-likeness (QED) is 0.272. The van der Waals surface area contributed by atoms with E-state index in [9.17, 15) is 10.0 Å². The maximum atomic E-state index is 9.70. The lowest BCUT2D eigenvalue weighted by Crippen LogP contribution is -2.30. The molecule has 0 heterocycles. The molecule has 0 aliphatic heterocycles. The highest BCUT2D eigenvalue weighted by molar-refractivity contribution is 6.62. The summed E-state index contributed by atoms with van der Waals surface area (Å²) < 4.78 is 0. The minimum Gasteiger partial charge on any atom is -0.423 e. The van der Waals surface area contributed by atoms with Crippen LogP contribution in [0.5, 0.6) is 0 Å². The Morgan fingerprint density at radius 1 is 0.560 bits per heavy atom. The molecule has 5 aromatic carbocycles. The van der Waals surface area contributed by atoms with Gasteiger partial charge in [-0.2, -0.15) is 0 Å². The van der Waals surface area contributed by atoms with Crippen LogP contribution in [0.25, 0.3) is 43.1 Å². The molecular formula is C22H19BO2. The molecule has 0 spiro atoms. The fourth-order valence-electron chi connectivity index (χ4n) is 3.89. The summed E-state index contributed by atoms with van der Waals surface area (Å²) in [6, 6.07) is 22.6. The van der Waals surface area contributed by atoms with Gasteiger partial charge in [-0.25, -0.2) is 0 Å². The van der Waals surface area contributed by atoms with Gasteiger partial charge in [-0.3, -0.25) is 0 Å². The SMILES string of the molecule is CC.OB(O)c1ccc2c3cccc4cccc(c5cccc1c52)c43. The maximum Gasteiger partial charge on any atom is 0.489 e. The van der Waals surface area contributed by atoms with Gasteiger partial charge in [-0.1, -0.05) is 80.6 Å². The molecule has 0 radical (unpaired) electrons. The van der Waals surface area contributed by atoms with E-state index in [0.29, 0.717) is 5.46 Å². The zero-order valence-electron chi connectivity index (χ0n) is 14.3. The van der Waals surface area contributed by atoms with Crippen LogP contribution >= 0.6 is 0 Å². The second-order valence-corrected chi connectivity index (χ2v) is 6.01. The minimum absolute atomic E-state index is 0.553. The van der Waals surface area contributed by atoms with Crippen LogP contribution in [0.2, 0.25) is 0 Å². The second-order valence-electron chi connectivity index (χ2n) is 6.01. The van der Waals surface area contributed by atoms with Crippen LogP contribution in [-0.4, -0.2) is 17.2 Å². The van der Waals surface area contributed by atoms with E-state index in [4.69, 9.17) is 0 Å². The maximum absolute atomic E-state index is 9.70. The molecule has 0 amide bonds. The minimum atomic E-state index is -1.47. The highest BCUT2D eigenvalue weighted by Crippen LogP contribution is 2.39. The van der Waals surface area contributed by atoms with E-state index in [0.717, 1.165) is 21.5 Å². The van der Waals surface area contributed by atoms with E-state index in [2.05, 4.69) is 42.5 Å². The highest BCUT2D eigenvalue weighted by atomic mass is 16.4. The van der Waals surface area contributed by atoms with Crippen molar-refractivity contribution < 1.29 is 10.0 Å². The zero-order chi connectivity index (χ0) is 17.6. The summed E-state index contributed by atoms with van der Waals surface area (Å²) in [5.74, 6) is 0. The molecule has 0 saturated heterocycles. The lowest BCUT2D eigenvalue weighted by molar-refractivity contribution is 0.426. The Morgan fingerprint density at radius 3 is 1.64 bits per heavy atom. The fourth-order valence-corrected chi connectivity index (χ4v) is 3.89. The molecular weight excluding hydrogens is 307 g/mol. The Balaban J connectivity index is 0.000000758. The van der Waals surface area contributed by atoms with Crippen LogP contribution in [0, 0.1) is 0 Å². The van der Waals surface area contributed by atoms with Crippen molar-refractivity contribution in [1.29, 1.82) is 0 Å². The van der Waals surface area contributed by atoms with Crippen molar-refractivity contribution in [2.75, 3.05) is 0 Å². The number of rotatable bonds is 1. The highest BCUT2D eigenvalue weighted by Gasteiger charge is 2.18. The van der Waals surface area contributed by atoms with E-state index in [1.165, 1.54) is 21.5 Å². The summed E-state index contributed by atoms with van der Waals surface area (Å²) in [4.78, 5) is 0. The van der Waals surface area contributed by atoms with Crippen LogP contribution in [0.15, 0.2) is 66.7 Å². The predicted molar refractivity (Wildman–Crippen MR) is 109 cm³/mol. The molecule has 2 N–H and O–H groups in total. The molecule has 0 aliphatic carbocycles. The standard InChI is InChI=1S/C20H13BO2.C2H6/c22-21(23)18-11-10-16-14-7-2-5-12-4-1-6-13(19(12)14)15-8-3-9-17(18)20(15)16;1-2/h1-11,22-23H;1-2H3. The average molecular weight is 326 g/mol. The smallest absolute Gasteiger partial charge is 0.423 e. The van der Waals surface area contributed by atoms with Gasteiger partial charge in [0.05, 0.1) is 0 Å². The monoisotopic (exact) mass is 326 g/mol. The number of benzene rings is 5. The molecule has 0 atom stereocenters. The van der Waals surface area contributed by atoms with Crippen LogP contribution < -0.4 is 5.46 Å². The van der Waals surface area contributed by atoms with Crippen molar-refractivity contribution in [2.45, 2.75) is 13.8 Å². The summed E-state index contributed by atoms with van der Waals surface area (Å²) in [6.07, 6.45) is 0. The molecule has 0 saturated carbocycles. The third kappa shape index (κ3) is 2.20. The fraction of sp³-hybridized carbons (Fsp3) is 0.0909. The third-order valence-corrected chi connectivity index (χ3v) is 4.84. The average Bonchev–Trinajstić information content (AvgIpc) is 2.67. The Morgan fingerprint density at radius 2 is 1.04 bits per heavy atom. The summed E-state index contributed by atoms with van der Waals surface area (Å²) >= 11 is 0. The van der Waals surface area contributed by atoms with Gasteiger partial charge in [-0.05, 0) is 48.6 Å². The topological polar surface area (TPSA) is 40.5 Å². The second kappa shape index (κ2) is 6.03. The molecule has 0 bridgehead atoms. The van der Waals surface area contributed by atoms with Gasteiger partial charge in [-0.15, -0.1) is 0 Å². The van der Waals surface area contributed by atoms with Gasteiger partial charge in [0.15, 0.2) is 0 Å². The molecule has 0 aliphatic rings. The summed E-state index contributed by atoms with van der Waals surface area (Å²) in [6.45, 7) is 4.00. The van der Waals surface area contributed by atoms with Crippen LogP contribution in [0.4, 0.5) is 0 Å². The van der Waals surface area contributed by atoms with E-state index in [-0.39, 0.29) is 0 Å². The molecule has 0 fully saturated rings. The Hall–Kier alpha value is -2.62. The molecule has 0 aromatic heterocycles. The predicted octanol–water partition coefficient (Wildman–Crippen LogP) is 4.44. The van der Waals surface area contributed by atoms with Crippen LogP contribution in [-0.2, 0) is 0 Å². The molecule has 122 valence electrons. The van der Waals surface area contributed by atoms with Gasteiger partial charge in [0.2, 0.25) is 0 Å². The normalized spacial score (nSPS) is 11.2. The number of hydrogen-bond acceptors (Lipinski definition) is 2. The molecule has 5 aromatic rings. The van der Waals surface area contributed by atoms with Crippen molar-refractivity contribution in [3.05, 3.63) is 66.7 Å². The van der Waals surface area contributed by atoms with E-state index < -0.39 is 7.12 Å².